The van der Waals surface area contributed by atoms with Gasteiger partial charge in [0.25, 0.3) is 0 Å². The maximum absolute atomic E-state index is 13.2. The minimum absolute atomic E-state index is 0.0808. The Morgan fingerprint density at radius 1 is 1.11 bits per heavy atom. The number of carbonyl (C=O) groups excluding carboxylic acids is 2. The second kappa shape index (κ2) is 7.06. The largest absolute Gasteiger partial charge is 0.418 e. The summed E-state index contributed by atoms with van der Waals surface area (Å²) in [5.41, 5.74) is 1.48. The SMILES string of the molecule is Cc1cc(C)cc(NC(=O)C2CC(=O)N(c3ccccc3C(F)(F)F)C2)c1. The van der Waals surface area contributed by atoms with Gasteiger partial charge in [-0.25, -0.2) is 0 Å². The zero-order chi connectivity index (χ0) is 19.8. The van der Waals surface area contributed by atoms with Gasteiger partial charge in [-0.2, -0.15) is 13.2 Å². The van der Waals surface area contributed by atoms with Crippen LogP contribution in [0.1, 0.15) is 23.1 Å². The van der Waals surface area contributed by atoms with Crippen molar-refractivity contribution in [2.24, 2.45) is 5.92 Å². The van der Waals surface area contributed by atoms with Crippen LogP contribution in [-0.4, -0.2) is 18.4 Å². The maximum atomic E-state index is 13.2. The normalized spacial score (nSPS) is 17.3. The number of nitrogens with zero attached hydrogens (tertiary/aromatic N) is 1. The molecule has 1 unspecified atom stereocenters. The average molecular weight is 376 g/mol. The summed E-state index contributed by atoms with van der Waals surface area (Å²) >= 11 is 0. The van der Waals surface area contributed by atoms with E-state index in [4.69, 9.17) is 0 Å². The number of hydrogen-bond donors (Lipinski definition) is 1. The maximum Gasteiger partial charge on any atom is 0.418 e. The predicted octanol–water partition coefficient (Wildman–Crippen LogP) is 4.31. The molecule has 1 heterocycles. The minimum Gasteiger partial charge on any atom is -0.326 e. The van der Waals surface area contributed by atoms with Crippen LogP contribution in [0.5, 0.6) is 0 Å². The standard InChI is InChI=1S/C20H19F3N2O2/c1-12-7-13(2)9-15(8-12)24-19(27)14-10-18(26)25(11-14)17-6-4-3-5-16(17)20(21,22)23/h3-9,14H,10-11H2,1-2H3,(H,24,27). The lowest BCUT2D eigenvalue weighted by molar-refractivity contribution is -0.137. The molecule has 0 aromatic heterocycles. The third-order valence-electron chi connectivity index (χ3n) is 4.49. The van der Waals surface area contributed by atoms with E-state index in [-0.39, 0.29) is 24.6 Å². The number of halogens is 3. The Bertz CT molecular complexity index is 873. The summed E-state index contributed by atoms with van der Waals surface area (Å²) in [7, 11) is 0. The second-order valence-electron chi connectivity index (χ2n) is 6.79. The van der Waals surface area contributed by atoms with Gasteiger partial charge < -0.3 is 10.2 Å². The fourth-order valence-corrected chi connectivity index (χ4v) is 3.36. The highest BCUT2D eigenvalue weighted by Gasteiger charge is 2.40. The molecule has 7 heteroatoms. The number of nitrogens with one attached hydrogen (secondary N) is 1. The highest BCUT2D eigenvalue weighted by atomic mass is 19.4. The van der Waals surface area contributed by atoms with Gasteiger partial charge in [-0.05, 0) is 49.2 Å². The van der Waals surface area contributed by atoms with Gasteiger partial charge in [0, 0.05) is 18.7 Å². The van der Waals surface area contributed by atoms with E-state index in [1.807, 2.05) is 19.9 Å². The van der Waals surface area contributed by atoms with E-state index in [0.29, 0.717) is 5.69 Å². The van der Waals surface area contributed by atoms with Crippen molar-refractivity contribution in [2.45, 2.75) is 26.4 Å². The first kappa shape index (κ1) is 18.9. The van der Waals surface area contributed by atoms with Gasteiger partial charge in [0.15, 0.2) is 0 Å². The average Bonchev–Trinajstić information content (AvgIpc) is 2.95. The highest BCUT2D eigenvalue weighted by Crippen LogP contribution is 2.38. The molecule has 1 N–H and O–H groups in total. The van der Waals surface area contributed by atoms with E-state index < -0.39 is 23.6 Å². The first-order chi connectivity index (χ1) is 12.6. The van der Waals surface area contributed by atoms with Crippen LogP contribution in [0.4, 0.5) is 24.5 Å². The van der Waals surface area contributed by atoms with Crippen molar-refractivity contribution in [3.05, 3.63) is 59.2 Å². The second-order valence-corrected chi connectivity index (χ2v) is 6.79. The number of hydrogen-bond acceptors (Lipinski definition) is 2. The van der Waals surface area contributed by atoms with E-state index in [2.05, 4.69) is 5.32 Å². The Hall–Kier alpha value is -2.83. The van der Waals surface area contributed by atoms with Crippen LogP contribution in [0.25, 0.3) is 0 Å². The molecule has 3 rings (SSSR count). The molecule has 0 bridgehead atoms. The summed E-state index contributed by atoms with van der Waals surface area (Å²) in [5.74, 6) is -1.58. The van der Waals surface area contributed by atoms with E-state index in [1.54, 1.807) is 12.1 Å². The van der Waals surface area contributed by atoms with Crippen LogP contribution in [0, 0.1) is 19.8 Å². The number of alkyl halides is 3. The van der Waals surface area contributed by atoms with Crippen molar-refractivity contribution < 1.29 is 22.8 Å². The van der Waals surface area contributed by atoms with Crippen molar-refractivity contribution in [3.8, 4) is 0 Å². The molecule has 0 aliphatic carbocycles. The number of amides is 2. The molecule has 27 heavy (non-hydrogen) atoms. The van der Waals surface area contributed by atoms with Gasteiger partial charge >= 0.3 is 6.18 Å². The van der Waals surface area contributed by atoms with Crippen LogP contribution in [0.3, 0.4) is 0 Å². The van der Waals surface area contributed by atoms with Crippen LogP contribution >= 0.6 is 0 Å². The molecule has 2 amide bonds. The third-order valence-corrected chi connectivity index (χ3v) is 4.49. The fraction of sp³-hybridized carbons (Fsp3) is 0.300. The molecule has 4 nitrogen and oxygen atoms in total. The van der Waals surface area contributed by atoms with Crippen LogP contribution in [0.15, 0.2) is 42.5 Å². The van der Waals surface area contributed by atoms with Crippen molar-refractivity contribution in [2.75, 3.05) is 16.8 Å². The van der Waals surface area contributed by atoms with E-state index >= 15 is 0 Å². The summed E-state index contributed by atoms with van der Waals surface area (Å²) in [6.45, 7) is 3.72. The minimum atomic E-state index is -4.57. The third kappa shape index (κ3) is 4.13. The number of para-hydroxylation sites is 1. The molecule has 2 aromatic carbocycles. The Kier molecular flexibility index (Phi) is 4.95. The zero-order valence-electron chi connectivity index (χ0n) is 14.9. The lowest BCUT2D eigenvalue weighted by Crippen LogP contribution is -2.29. The van der Waals surface area contributed by atoms with Crippen molar-refractivity contribution in [3.63, 3.8) is 0 Å². The predicted molar refractivity (Wildman–Crippen MR) is 96.4 cm³/mol. The van der Waals surface area contributed by atoms with Gasteiger partial charge in [-0.15, -0.1) is 0 Å². The molecule has 0 saturated carbocycles. The molecular weight excluding hydrogens is 357 g/mol. The molecule has 1 fully saturated rings. The van der Waals surface area contributed by atoms with Crippen molar-refractivity contribution in [1.29, 1.82) is 0 Å². The Balaban J connectivity index is 1.79. The van der Waals surface area contributed by atoms with E-state index in [0.717, 1.165) is 22.1 Å². The molecule has 0 radical (unpaired) electrons. The topological polar surface area (TPSA) is 49.4 Å². The van der Waals surface area contributed by atoms with Gasteiger partial charge in [-0.1, -0.05) is 18.2 Å². The number of benzene rings is 2. The Morgan fingerprint density at radius 2 is 1.74 bits per heavy atom. The molecule has 0 spiro atoms. The van der Waals surface area contributed by atoms with E-state index in [1.165, 1.54) is 18.2 Å². The smallest absolute Gasteiger partial charge is 0.326 e. The number of carbonyl (C=O) groups is 2. The lowest BCUT2D eigenvalue weighted by atomic mass is 10.1. The molecule has 1 saturated heterocycles. The van der Waals surface area contributed by atoms with Gasteiger partial charge in [0.1, 0.15) is 0 Å². The number of aryl methyl sites for hydroxylation is 2. The molecule has 1 aliphatic rings. The van der Waals surface area contributed by atoms with E-state index in [9.17, 15) is 22.8 Å². The van der Waals surface area contributed by atoms with Crippen LogP contribution in [0.2, 0.25) is 0 Å². The monoisotopic (exact) mass is 376 g/mol. The molecule has 142 valence electrons. The summed E-state index contributed by atoms with van der Waals surface area (Å²) in [6, 6.07) is 10.5. The van der Waals surface area contributed by atoms with Crippen molar-refractivity contribution >= 4 is 23.2 Å². The molecule has 2 aromatic rings. The fourth-order valence-electron chi connectivity index (χ4n) is 3.36. The summed E-state index contributed by atoms with van der Waals surface area (Å²) in [5, 5.41) is 2.76. The van der Waals surface area contributed by atoms with Crippen LogP contribution in [-0.2, 0) is 15.8 Å². The highest BCUT2D eigenvalue weighted by molar-refractivity contribution is 6.04. The first-order valence-corrected chi connectivity index (χ1v) is 8.51. The zero-order valence-corrected chi connectivity index (χ0v) is 14.9. The first-order valence-electron chi connectivity index (χ1n) is 8.51. The summed E-state index contributed by atoms with van der Waals surface area (Å²) < 4.78 is 39.7. The Labute approximate surface area is 155 Å². The van der Waals surface area contributed by atoms with Crippen molar-refractivity contribution in [1.82, 2.24) is 0 Å². The molecular formula is C20H19F3N2O2. The Morgan fingerprint density at radius 3 is 2.37 bits per heavy atom. The quantitative estimate of drug-likeness (QED) is 0.868. The van der Waals surface area contributed by atoms with Crippen LogP contribution < -0.4 is 10.2 Å². The summed E-state index contributed by atoms with van der Waals surface area (Å²) in [4.78, 5) is 25.9. The number of rotatable bonds is 3. The van der Waals surface area contributed by atoms with Gasteiger partial charge in [-0.3, -0.25) is 9.59 Å². The number of anilines is 2. The van der Waals surface area contributed by atoms with Gasteiger partial charge in [0.05, 0.1) is 17.2 Å². The molecule has 1 atom stereocenters. The molecule has 1 aliphatic heterocycles. The summed E-state index contributed by atoms with van der Waals surface area (Å²) in [6.07, 6.45) is -4.70. The van der Waals surface area contributed by atoms with Gasteiger partial charge in [0.2, 0.25) is 11.8 Å². The lowest BCUT2D eigenvalue weighted by Gasteiger charge is -2.21.